The number of anilines is 1. The standard InChI is InChI=1S/C19H23ClN2O4S2/c20-17-7-5-16(6-8-17)15-27(23,24)21-18-9-11-19(12-10-18)28(25,26)22-13-3-1-2-4-14-22/h5-12,21H,1-4,13-15H2. The molecule has 152 valence electrons. The van der Waals surface area contributed by atoms with Gasteiger partial charge in [-0.15, -0.1) is 0 Å². The molecule has 0 atom stereocenters. The van der Waals surface area contributed by atoms with Crippen molar-refractivity contribution in [3.05, 3.63) is 59.1 Å². The number of hydrogen-bond donors (Lipinski definition) is 1. The van der Waals surface area contributed by atoms with Crippen LogP contribution in [0.4, 0.5) is 5.69 Å². The third-order valence-corrected chi connectivity index (χ3v) is 8.03. The maximum Gasteiger partial charge on any atom is 0.243 e. The van der Waals surface area contributed by atoms with Crippen molar-refractivity contribution < 1.29 is 16.8 Å². The summed E-state index contributed by atoms with van der Waals surface area (Å²) in [6, 6.07) is 12.4. The Morgan fingerprint density at radius 1 is 0.821 bits per heavy atom. The second-order valence-electron chi connectivity index (χ2n) is 6.83. The summed E-state index contributed by atoms with van der Waals surface area (Å²) in [4.78, 5) is 0.176. The van der Waals surface area contributed by atoms with Crippen molar-refractivity contribution in [3.8, 4) is 0 Å². The number of halogens is 1. The molecule has 1 saturated heterocycles. The molecule has 28 heavy (non-hydrogen) atoms. The molecule has 0 spiro atoms. The topological polar surface area (TPSA) is 83.5 Å². The van der Waals surface area contributed by atoms with E-state index in [2.05, 4.69) is 4.72 Å². The van der Waals surface area contributed by atoms with Crippen molar-refractivity contribution >= 4 is 37.3 Å². The lowest BCUT2D eigenvalue weighted by Gasteiger charge is -2.20. The maximum absolute atomic E-state index is 12.8. The van der Waals surface area contributed by atoms with E-state index in [-0.39, 0.29) is 10.6 Å². The predicted octanol–water partition coefficient (Wildman–Crippen LogP) is 3.85. The third kappa shape index (κ3) is 5.47. The van der Waals surface area contributed by atoms with Crippen molar-refractivity contribution in [2.75, 3.05) is 17.8 Å². The number of nitrogens with zero attached hydrogens (tertiary/aromatic N) is 1. The molecule has 2 aromatic rings. The van der Waals surface area contributed by atoms with Gasteiger partial charge in [-0.3, -0.25) is 4.72 Å². The Bertz CT molecular complexity index is 997. The number of hydrogen-bond acceptors (Lipinski definition) is 4. The van der Waals surface area contributed by atoms with Gasteiger partial charge in [0.25, 0.3) is 0 Å². The minimum absolute atomic E-state index is 0.176. The number of benzene rings is 2. The summed E-state index contributed by atoms with van der Waals surface area (Å²) in [7, 11) is -7.18. The highest BCUT2D eigenvalue weighted by atomic mass is 35.5. The lowest BCUT2D eigenvalue weighted by atomic mass is 10.2. The van der Waals surface area contributed by atoms with Gasteiger partial charge < -0.3 is 0 Å². The van der Waals surface area contributed by atoms with Crippen molar-refractivity contribution in [2.24, 2.45) is 0 Å². The monoisotopic (exact) mass is 442 g/mol. The molecule has 1 N–H and O–H groups in total. The van der Waals surface area contributed by atoms with Gasteiger partial charge in [-0.2, -0.15) is 4.31 Å². The third-order valence-electron chi connectivity index (χ3n) is 4.60. The Balaban J connectivity index is 1.70. The van der Waals surface area contributed by atoms with E-state index in [1.807, 2.05) is 0 Å². The maximum atomic E-state index is 12.8. The Hall–Kier alpha value is -1.61. The normalized spacial score (nSPS) is 16.5. The second-order valence-corrected chi connectivity index (χ2v) is 10.9. The summed E-state index contributed by atoms with van der Waals surface area (Å²) in [5.74, 6) is -0.196. The van der Waals surface area contributed by atoms with E-state index >= 15 is 0 Å². The van der Waals surface area contributed by atoms with Gasteiger partial charge in [-0.05, 0) is 54.8 Å². The van der Waals surface area contributed by atoms with Gasteiger partial charge >= 0.3 is 0 Å². The van der Waals surface area contributed by atoms with E-state index in [4.69, 9.17) is 11.6 Å². The summed E-state index contributed by atoms with van der Waals surface area (Å²) >= 11 is 5.81. The first-order valence-corrected chi connectivity index (χ1v) is 12.6. The van der Waals surface area contributed by atoms with Crippen LogP contribution in [0.5, 0.6) is 0 Å². The van der Waals surface area contributed by atoms with Crippen LogP contribution in [-0.4, -0.2) is 34.2 Å². The molecule has 0 saturated carbocycles. The van der Waals surface area contributed by atoms with Crippen molar-refractivity contribution in [1.29, 1.82) is 0 Å². The zero-order chi connectivity index (χ0) is 20.2. The quantitative estimate of drug-likeness (QED) is 0.736. The highest BCUT2D eigenvalue weighted by molar-refractivity contribution is 7.92. The van der Waals surface area contributed by atoms with E-state index in [0.717, 1.165) is 25.7 Å². The summed E-state index contributed by atoms with van der Waals surface area (Å²) in [5.41, 5.74) is 0.932. The van der Waals surface area contributed by atoms with Crippen LogP contribution >= 0.6 is 11.6 Å². The Kier molecular flexibility index (Phi) is 6.65. The molecule has 2 aromatic carbocycles. The van der Waals surface area contributed by atoms with Gasteiger partial charge in [0, 0.05) is 23.8 Å². The van der Waals surface area contributed by atoms with Crippen molar-refractivity contribution in [2.45, 2.75) is 36.3 Å². The minimum Gasteiger partial charge on any atom is -0.283 e. The SMILES string of the molecule is O=S(=O)(Cc1ccc(Cl)cc1)Nc1ccc(S(=O)(=O)N2CCCCCC2)cc1. The van der Waals surface area contributed by atoms with Gasteiger partial charge in [0.05, 0.1) is 10.6 Å². The van der Waals surface area contributed by atoms with Crippen LogP contribution in [0.2, 0.25) is 5.02 Å². The fourth-order valence-electron chi connectivity index (χ4n) is 3.14. The van der Waals surface area contributed by atoms with Crippen LogP contribution in [0.25, 0.3) is 0 Å². The van der Waals surface area contributed by atoms with Crippen molar-refractivity contribution in [1.82, 2.24) is 4.31 Å². The molecule has 1 aliphatic rings. The second kappa shape index (κ2) is 8.82. The Morgan fingerprint density at radius 2 is 1.39 bits per heavy atom. The summed E-state index contributed by atoms with van der Waals surface area (Å²) < 4.78 is 54.3. The first-order chi connectivity index (χ1) is 13.3. The van der Waals surface area contributed by atoms with Gasteiger partial charge in [0.15, 0.2) is 0 Å². The highest BCUT2D eigenvalue weighted by Gasteiger charge is 2.25. The van der Waals surface area contributed by atoms with Gasteiger partial charge in [0.2, 0.25) is 20.0 Å². The van der Waals surface area contributed by atoms with Crippen LogP contribution in [-0.2, 0) is 25.8 Å². The van der Waals surface area contributed by atoms with Crippen LogP contribution in [0, 0.1) is 0 Å². The summed E-state index contributed by atoms with van der Waals surface area (Å²) in [6.07, 6.45) is 3.81. The van der Waals surface area contributed by atoms with E-state index in [1.165, 1.54) is 28.6 Å². The molecule has 0 aromatic heterocycles. The summed E-state index contributed by atoms with van der Waals surface area (Å²) in [6.45, 7) is 1.05. The average molecular weight is 443 g/mol. The largest absolute Gasteiger partial charge is 0.283 e. The van der Waals surface area contributed by atoms with Crippen LogP contribution in [0.15, 0.2) is 53.4 Å². The fraction of sp³-hybridized carbons (Fsp3) is 0.368. The van der Waals surface area contributed by atoms with Crippen LogP contribution < -0.4 is 4.72 Å². The number of sulfonamides is 2. The van der Waals surface area contributed by atoms with E-state index < -0.39 is 20.0 Å². The van der Waals surface area contributed by atoms with Gasteiger partial charge in [0.1, 0.15) is 0 Å². The molecule has 3 rings (SSSR count). The molecule has 0 aliphatic carbocycles. The molecule has 0 unspecified atom stereocenters. The highest BCUT2D eigenvalue weighted by Crippen LogP contribution is 2.22. The van der Waals surface area contributed by atoms with E-state index in [0.29, 0.717) is 29.4 Å². The smallest absolute Gasteiger partial charge is 0.243 e. The molecule has 0 radical (unpaired) electrons. The Morgan fingerprint density at radius 3 is 1.96 bits per heavy atom. The van der Waals surface area contributed by atoms with Crippen LogP contribution in [0.1, 0.15) is 31.2 Å². The zero-order valence-electron chi connectivity index (χ0n) is 15.3. The molecule has 1 aliphatic heterocycles. The molecule has 0 amide bonds. The average Bonchev–Trinajstić information content (AvgIpc) is 2.93. The lowest BCUT2D eigenvalue weighted by Crippen LogP contribution is -2.31. The minimum atomic E-state index is -3.63. The molecule has 1 heterocycles. The zero-order valence-corrected chi connectivity index (χ0v) is 17.7. The predicted molar refractivity (Wildman–Crippen MR) is 111 cm³/mol. The first-order valence-electron chi connectivity index (χ1n) is 9.11. The molecular weight excluding hydrogens is 420 g/mol. The molecule has 0 bridgehead atoms. The van der Waals surface area contributed by atoms with Gasteiger partial charge in [-0.1, -0.05) is 36.6 Å². The van der Waals surface area contributed by atoms with Gasteiger partial charge in [-0.25, -0.2) is 16.8 Å². The van der Waals surface area contributed by atoms with Crippen LogP contribution in [0.3, 0.4) is 0 Å². The lowest BCUT2D eigenvalue weighted by molar-refractivity contribution is 0.424. The summed E-state index contributed by atoms with van der Waals surface area (Å²) in [5, 5.41) is 0.537. The number of nitrogens with one attached hydrogen (secondary N) is 1. The first kappa shape index (κ1) is 21.1. The molecule has 9 heteroatoms. The molecule has 6 nitrogen and oxygen atoms in total. The van der Waals surface area contributed by atoms with E-state index in [9.17, 15) is 16.8 Å². The molecule has 1 fully saturated rings. The van der Waals surface area contributed by atoms with E-state index in [1.54, 1.807) is 24.3 Å². The van der Waals surface area contributed by atoms with Crippen molar-refractivity contribution in [3.63, 3.8) is 0 Å². The fourth-order valence-corrected chi connectivity index (χ4v) is 5.98. The Labute approximate surface area is 171 Å². The molecular formula is C19H23ClN2O4S2. The number of rotatable bonds is 6.